The average Bonchev–Trinajstić information content (AvgIpc) is 2.52. The van der Waals surface area contributed by atoms with Gasteiger partial charge in [-0.15, -0.1) is 0 Å². The summed E-state index contributed by atoms with van der Waals surface area (Å²) in [6.45, 7) is 5.44. The molecule has 0 heterocycles. The third kappa shape index (κ3) is 6.91. The van der Waals surface area contributed by atoms with Gasteiger partial charge in [-0.05, 0) is 57.9 Å². The molecule has 1 N–H and O–H groups in total. The van der Waals surface area contributed by atoms with Crippen molar-refractivity contribution in [1.29, 1.82) is 0 Å². The fourth-order valence-electron chi connectivity index (χ4n) is 2.10. The number of anilines is 1. The lowest BCUT2D eigenvalue weighted by Gasteiger charge is -2.18. The Labute approximate surface area is 145 Å². The number of carbonyl (C=O) groups is 1. The number of methoxy groups -OCH3 is 1. The van der Waals surface area contributed by atoms with Crippen LogP contribution in [0.2, 0.25) is 0 Å². The third-order valence-corrected chi connectivity index (χ3v) is 6.57. The molecule has 0 atom stereocenters. The van der Waals surface area contributed by atoms with Crippen molar-refractivity contribution in [2.75, 3.05) is 24.7 Å². The first-order valence-corrected chi connectivity index (χ1v) is 9.93. The first-order chi connectivity index (χ1) is 11.2. The molecule has 24 heavy (non-hydrogen) atoms. The van der Waals surface area contributed by atoms with E-state index in [-0.39, 0.29) is 18.1 Å². The Morgan fingerprint density at radius 3 is 2.25 bits per heavy atom. The van der Waals surface area contributed by atoms with Crippen LogP contribution in [0, 0.1) is 0 Å². The van der Waals surface area contributed by atoms with Gasteiger partial charge in [0.05, 0.1) is 24.2 Å². The van der Waals surface area contributed by atoms with Crippen molar-refractivity contribution in [2.24, 2.45) is 0 Å². The molecule has 0 aliphatic heterocycles. The maximum atomic E-state index is 12.0. The zero-order chi connectivity index (χ0) is 18.2. The Balaban J connectivity index is 2.20. The van der Waals surface area contributed by atoms with Gasteiger partial charge < -0.3 is 10.1 Å². The van der Waals surface area contributed by atoms with E-state index in [0.29, 0.717) is 12.8 Å². The molecule has 0 aliphatic carbocycles. The van der Waals surface area contributed by atoms with Crippen LogP contribution in [-0.2, 0) is 14.6 Å². The lowest BCUT2D eigenvalue weighted by Crippen LogP contribution is -2.30. The second-order valence-corrected chi connectivity index (χ2v) is 9.73. The van der Waals surface area contributed by atoms with Crippen LogP contribution in [0.25, 0.3) is 0 Å². The Morgan fingerprint density at radius 1 is 1.08 bits per heavy atom. The molecular formula is C18H29NO4S. The smallest absolute Gasteiger partial charge is 0.155 e. The van der Waals surface area contributed by atoms with Gasteiger partial charge in [-0.2, -0.15) is 0 Å². The standard InChI is InChI=1S/C18H29NO4S/c1-18(2,3)24(21,22)13-7-5-6-8-16(20)14-19-15-9-11-17(23-4)12-10-15/h9-12,19H,5-8,13-14H2,1-4H3. The SMILES string of the molecule is COc1ccc(NCC(=O)CCCCCS(=O)(=O)C(C)(C)C)cc1. The number of sulfone groups is 1. The van der Waals surface area contributed by atoms with E-state index in [1.165, 1.54) is 0 Å². The lowest BCUT2D eigenvalue weighted by atomic mass is 10.1. The minimum atomic E-state index is -3.06. The largest absolute Gasteiger partial charge is 0.497 e. The molecule has 5 nitrogen and oxygen atoms in total. The van der Waals surface area contributed by atoms with E-state index in [1.807, 2.05) is 24.3 Å². The van der Waals surface area contributed by atoms with Crippen molar-refractivity contribution in [1.82, 2.24) is 0 Å². The fourth-order valence-corrected chi connectivity index (χ4v) is 3.29. The number of unbranched alkanes of at least 4 members (excludes halogenated alkanes) is 2. The minimum absolute atomic E-state index is 0.129. The summed E-state index contributed by atoms with van der Waals surface area (Å²) in [4.78, 5) is 11.9. The van der Waals surface area contributed by atoms with Crippen LogP contribution in [0.5, 0.6) is 5.75 Å². The molecule has 6 heteroatoms. The predicted octanol–water partition coefficient (Wildman–Crippen LogP) is 3.45. The number of nitrogens with one attached hydrogen (secondary N) is 1. The van der Waals surface area contributed by atoms with Crippen molar-refractivity contribution < 1.29 is 17.9 Å². The topological polar surface area (TPSA) is 72.5 Å². The minimum Gasteiger partial charge on any atom is -0.497 e. The number of hydrogen-bond acceptors (Lipinski definition) is 5. The summed E-state index contributed by atoms with van der Waals surface area (Å²) < 4.78 is 28.3. The summed E-state index contributed by atoms with van der Waals surface area (Å²) >= 11 is 0. The summed E-state index contributed by atoms with van der Waals surface area (Å²) in [7, 11) is -1.45. The maximum Gasteiger partial charge on any atom is 0.155 e. The second kappa shape index (κ2) is 9.06. The predicted molar refractivity (Wildman–Crippen MR) is 98.5 cm³/mol. The molecule has 1 aromatic carbocycles. The van der Waals surface area contributed by atoms with Gasteiger partial charge in [0.15, 0.2) is 15.6 Å². The first-order valence-electron chi connectivity index (χ1n) is 8.27. The molecule has 136 valence electrons. The van der Waals surface area contributed by atoms with Crippen LogP contribution in [-0.4, -0.2) is 38.4 Å². The molecule has 0 unspecified atom stereocenters. The van der Waals surface area contributed by atoms with E-state index in [1.54, 1.807) is 27.9 Å². The van der Waals surface area contributed by atoms with Gasteiger partial charge in [0.1, 0.15) is 5.75 Å². The van der Waals surface area contributed by atoms with E-state index in [4.69, 9.17) is 4.74 Å². The van der Waals surface area contributed by atoms with Crippen LogP contribution in [0.4, 0.5) is 5.69 Å². The zero-order valence-corrected chi connectivity index (χ0v) is 15.9. The van der Waals surface area contributed by atoms with Crippen LogP contribution in [0.3, 0.4) is 0 Å². The lowest BCUT2D eigenvalue weighted by molar-refractivity contribution is -0.117. The van der Waals surface area contributed by atoms with E-state index in [9.17, 15) is 13.2 Å². The summed E-state index contributed by atoms with van der Waals surface area (Å²) in [6, 6.07) is 7.40. The molecule has 0 aromatic heterocycles. The van der Waals surface area contributed by atoms with E-state index >= 15 is 0 Å². The highest BCUT2D eigenvalue weighted by molar-refractivity contribution is 7.92. The van der Waals surface area contributed by atoms with E-state index in [2.05, 4.69) is 5.32 Å². The monoisotopic (exact) mass is 355 g/mol. The van der Waals surface area contributed by atoms with E-state index < -0.39 is 14.6 Å². The molecule has 0 bridgehead atoms. The third-order valence-electron chi connectivity index (χ3n) is 3.88. The quantitative estimate of drug-likeness (QED) is 0.651. The first kappa shape index (κ1) is 20.5. The summed E-state index contributed by atoms with van der Waals surface area (Å²) in [6.07, 6.45) is 2.56. The van der Waals surface area contributed by atoms with Crippen molar-refractivity contribution in [2.45, 2.75) is 51.2 Å². The van der Waals surface area contributed by atoms with Crippen molar-refractivity contribution in [3.05, 3.63) is 24.3 Å². The van der Waals surface area contributed by atoms with Gasteiger partial charge in [0, 0.05) is 12.1 Å². The number of rotatable bonds is 10. The zero-order valence-electron chi connectivity index (χ0n) is 15.1. The van der Waals surface area contributed by atoms with Gasteiger partial charge in [0.2, 0.25) is 0 Å². The Hall–Kier alpha value is -1.56. The number of hydrogen-bond donors (Lipinski definition) is 1. The second-order valence-electron chi connectivity index (χ2n) is 6.86. The van der Waals surface area contributed by atoms with Gasteiger partial charge in [-0.25, -0.2) is 8.42 Å². The Bertz CT molecular complexity index is 615. The average molecular weight is 356 g/mol. The van der Waals surface area contributed by atoms with Crippen LogP contribution in [0.15, 0.2) is 24.3 Å². The van der Waals surface area contributed by atoms with Gasteiger partial charge in [-0.3, -0.25) is 4.79 Å². The Morgan fingerprint density at radius 2 is 1.71 bits per heavy atom. The molecule has 0 amide bonds. The molecule has 0 fully saturated rings. The number of Topliss-reactive ketones (excluding diaryl/α,β-unsaturated/α-hetero) is 1. The number of ether oxygens (including phenoxy) is 1. The molecule has 0 spiro atoms. The van der Waals surface area contributed by atoms with Crippen LogP contribution >= 0.6 is 0 Å². The number of carbonyl (C=O) groups excluding carboxylic acids is 1. The molecule has 0 saturated carbocycles. The van der Waals surface area contributed by atoms with Crippen molar-refractivity contribution in [3.8, 4) is 5.75 Å². The number of ketones is 1. The highest BCUT2D eigenvalue weighted by Gasteiger charge is 2.27. The molecule has 0 radical (unpaired) electrons. The summed E-state index contributed by atoms with van der Waals surface area (Å²) in [5, 5.41) is 3.08. The highest BCUT2D eigenvalue weighted by atomic mass is 32.2. The molecule has 1 aromatic rings. The highest BCUT2D eigenvalue weighted by Crippen LogP contribution is 2.18. The van der Waals surface area contributed by atoms with Gasteiger partial charge in [-0.1, -0.05) is 6.42 Å². The molecular weight excluding hydrogens is 326 g/mol. The normalized spacial score (nSPS) is 12.0. The van der Waals surface area contributed by atoms with Crippen LogP contribution in [0.1, 0.15) is 46.5 Å². The summed E-state index contributed by atoms with van der Waals surface area (Å²) in [5.74, 6) is 1.09. The fraction of sp³-hybridized carbons (Fsp3) is 0.611. The maximum absolute atomic E-state index is 12.0. The van der Waals surface area contributed by atoms with Crippen LogP contribution < -0.4 is 10.1 Å². The summed E-state index contributed by atoms with van der Waals surface area (Å²) in [5.41, 5.74) is 0.875. The van der Waals surface area contributed by atoms with E-state index in [0.717, 1.165) is 24.3 Å². The number of benzene rings is 1. The van der Waals surface area contributed by atoms with Gasteiger partial charge >= 0.3 is 0 Å². The van der Waals surface area contributed by atoms with Crippen molar-refractivity contribution in [3.63, 3.8) is 0 Å². The molecule has 1 rings (SSSR count). The Kier molecular flexibility index (Phi) is 7.73. The molecule has 0 saturated heterocycles. The van der Waals surface area contributed by atoms with Gasteiger partial charge in [0.25, 0.3) is 0 Å². The molecule has 0 aliphatic rings. The van der Waals surface area contributed by atoms with Crippen molar-refractivity contribution >= 4 is 21.3 Å².